The van der Waals surface area contributed by atoms with Crippen LogP contribution in [0.4, 0.5) is 5.82 Å². The van der Waals surface area contributed by atoms with Gasteiger partial charge in [0.15, 0.2) is 0 Å². The summed E-state index contributed by atoms with van der Waals surface area (Å²) in [5.74, 6) is 0.344. The molecule has 1 atom stereocenters. The largest absolute Gasteiger partial charge is 0.357 e. The Kier molecular flexibility index (Phi) is 3.55. The average Bonchev–Trinajstić information content (AvgIpc) is 2.33. The van der Waals surface area contributed by atoms with Gasteiger partial charge in [0.2, 0.25) is 11.8 Å². The Bertz CT molecular complexity index is 456. The molecule has 2 N–H and O–H groups in total. The molecule has 0 aromatic carbocycles. The zero-order valence-electron chi connectivity index (χ0n) is 10.4. The van der Waals surface area contributed by atoms with Crippen LogP contribution in [0.25, 0.3) is 0 Å². The van der Waals surface area contributed by atoms with Gasteiger partial charge in [-0.1, -0.05) is 13.8 Å². The van der Waals surface area contributed by atoms with E-state index in [0.29, 0.717) is 24.6 Å². The molecule has 0 bridgehead atoms. The van der Waals surface area contributed by atoms with Crippen molar-refractivity contribution in [1.29, 1.82) is 0 Å². The molecule has 0 aliphatic carbocycles. The second kappa shape index (κ2) is 5.12. The Morgan fingerprint density at radius 1 is 1.33 bits per heavy atom. The monoisotopic (exact) mass is 248 g/mol. The Hall–Kier alpha value is -1.98. The number of hydrogen-bond acceptors (Lipinski definition) is 5. The van der Waals surface area contributed by atoms with Crippen LogP contribution in [0.5, 0.6) is 0 Å². The van der Waals surface area contributed by atoms with Crippen molar-refractivity contribution in [3.63, 3.8) is 0 Å². The maximum Gasteiger partial charge on any atom is 0.249 e. The molecule has 2 amide bonds. The Morgan fingerprint density at radius 3 is 2.67 bits per heavy atom. The molecule has 1 saturated heterocycles. The average molecular weight is 248 g/mol. The van der Waals surface area contributed by atoms with Crippen molar-refractivity contribution in [2.45, 2.75) is 38.6 Å². The molecule has 2 rings (SSSR count). The molecule has 0 radical (unpaired) electrons. The van der Waals surface area contributed by atoms with Crippen molar-refractivity contribution in [1.82, 2.24) is 15.3 Å². The predicted molar refractivity (Wildman–Crippen MR) is 65.9 cm³/mol. The lowest BCUT2D eigenvalue weighted by Crippen LogP contribution is -2.47. The fourth-order valence-corrected chi connectivity index (χ4v) is 1.72. The number of nitrogens with one attached hydrogen (secondary N) is 2. The highest BCUT2D eigenvalue weighted by Gasteiger charge is 2.26. The number of amides is 2. The van der Waals surface area contributed by atoms with Crippen LogP contribution in [0.2, 0.25) is 0 Å². The minimum absolute atomic E-state index is 0.223. The predicted octanol–water partition coefficient (Wildman–Crippen LogP) is 0.817. The third kappa shape index (κ3) is 2.82. The van der Waals surface area contributed by atoms with Crippen LogP contribution in [0, 0.1) is 0 Å². The summed E-state index contributed by atoms with van der Waals surface area (Å²) < 4.78 is 0. The molecular formula is C12H16N4O2. The van der Waals surface area contributed by atoms with Crippen molar-refractivity contribution >= 4 is 17.6 Å². The first kappa shape index (κ1) is 12.5. The third-order valence-corrected chi connectivity index (χ3v) is 2.82. The number of imide groups is 1. The van der Waals surface area contributed by atoms with Crippen LogP contribution < -0.4 is 10.6 Å². The quantitative estimate of drug-likeness (QED) is 0.773. The first-order valence-corrected chi connectivity index (χ1v) is 5.98. The van der Waals surface area contributed by atoms with Crippen LogP contribution in [0.15, 0.2) is 12.4 Å². The fourth-order valence-electron chi connectivity index (χ4n) is 1.72. The van der Waals surface area contributed by atoms with E-state index in [4.69, 9.17) is 0 Å². The van der Waals surface area contributed by atoms with Gasteiger partial charge in [-0.25, -0.2) is 4.98 Å². The minimum atomic E-state index is -0.415. The van der Waals surface area contributed by atoms with Crippen molar-refractivity contribution < 1.29 is 9.59 Å². The second-order valence-electron chi connectivity index (χ2n) is 4.63. The topological polar surface area (TPSA) is 84.0 Å². The van der Waals surface area contributed by atoms with Gasteiger partial charge in [-0.15, -0.1) is 0 Å². The van der Waals surface area contributed by atoms with E-state index in [2.05, 4.69) is 20.6 Å². The van der Waals surface area contributed by atoms with E-state index < -0.39 is 6.04 Å². The molecule has 96 valence electrons. The third-order valence-electron chi connectivity index (χ3n) is 2.82. The normalized spacial score (nSPS) is 19.8. The number of rotatable bonds is 3. The molecule has 1 aliphatic heterocycles. The van der Waals surface area contributed by atoms with Crippen LogP contribution in [0.3, 0.4) is 0 Å². The molecule has 1 aromatic heterocycles. The summed E-state index contributed by atoms with van der Waals surface area (Å²) in [4.78, 5) is 31.0. The first-order valence-electron chi connectivity index (χ1n) is 5.98. The molecule has 1 unspecified atom stereocenters. The van der Waals surface area contributed by atoms with E-state index >= 15 is 0 Å². The molecular weight excluding hydrogens is 232 g/mol. The Balaban J connectivity index is 2.01. The van der Waals surface area contributed by atoms with Gasteiger partial charge in [-0.05, 0) is 12.3 Å². The fraction of sp³-hybridized carbons (Fsp3) is 0.500. The second-order valence-corrected chi connectivity index (χ2v) is 4.63. The lowest BCUT2D eigenvalue weighted by Gasteiger charge is -2.22. The number of carbonyl (C=O) groups is 2. The van der Waals surface area contributed by atoms with Gasteiger partial charge < -0.3 is 5.32 Å². The van der Waals surface area contributed by atoms with Crippen LogP contribution in [0.1, 0.15) is 38.3 Å². The summed E-state index contributed by atoms with van der Waals surface area (Å²) in [5.41, 5.74) is 0.906. The highest BCUT2D eigenvalue weighted by atomic mass is 16.2. The van der Waals surface area contributed by atoms with Crippen LogP contribution >= 0.6 is 0 Å². The molecule has 2 heterocycles. The van der Waals surface area contributed by atoms with E-state index in [-0.39, 0.29) is 11.8 Å². The molecule has 0 saturated carbocycles. The molecule has 6 heteroatoms. The number of hydrogen-bond donors (Lipinski definition) is 2. The van der Waals surface area contributed by atoms with Gasteiger partial charge in [0.1, 0.15) is 11.9 Å². The van der Waals surface area contributed by atoms with E-state index in [1.54, 1.807) is 12.4 Å². The van der Waals surface area contributed by atoms with Gasteiger partial charge in [-0.3, -0.25) is 19.9 Å². The number of anilines is 1. The lowest BCUT2D eigenvalue weighted by atomic mass is 10.1. The van der Waals surface area contributed by atoms with Crippen molar-refractivity contribution in [2.24, 2.45) is 0 Å². The minimum Gasteiger partial charge on any atom is -0.357 e. The van der Waals surface area contributed by atoms with Crippen LogP contribution in [-0.2, 0) is 9.59 Å². The van der Waals surface area contributed by atoms with E-state index in [9.17, 15) is 9.59 Å². The summed E-state index contributed by atoms with van der Waals surface area (Å²) >= 11 is 0. The summed E-state index contributed by atoms with van der Waals surface area (Å²) in [6, 6.07) is -0.415. The first-order chi connectivity index (χ1) is 8.56. The van der Waals surface area contributed by atoms with E-state index in [0.717, 1.165) is 5.69 Å². The molecule has 18 heavy (non-hydrogen) atoms. The number of nitrogens with zero attached hydrogens (tertiary/aromatic N) is 2. The van der Waals surface area contributed by atoms with Gasteiger partial charge in [0, 0.05) is 6.42 Å². The van der Waals surface area contributed by atoms with Crippen molar-refractivity contribution in [2.75, 3.05) is 5.32 Å². The van der Waals surface area contributed by atoms with Crippen LogP contribution in [-0.4, -0.2) is 27.8 Å². The standard InChI is InChI=1S/C12H16N4O2/c1-7(2)9-5-14-10(6-13-9)15-8-3-4-11(17)16-12(8)18/h5-8H,3-4H2,1-2H3,(H,14,15)(H,16,17,18). The van der Waals surface area contributed by atoms with E-state index in [1.807, 2.05) is 13.8 Å². The van der Waals surface area contributed by atoms with Crippen molar-refractivity contribution in [3.05, 3.63) is 18.1 Å². The number of carbonyl (C=O) groups excluding carboxylic acids is 2. The molecule has 1 fully saturated rings. The van der Waals surface area contributed by atoms with Crippen molar-refractivity contribution in [3.8, 4) is 0 Å². The summed E-state index contributed by atoms with van der Waals surface area (Å²) in [7, 11) is 0. The van der Waals surface area contributed by atoms with Gasteiger partial charge in [0.25, 0.3) is 0 Å². The lowest BCUT2D eigenvalue weighted by molar-refractivity contribution is -0.133. The van der Waals surface area contributed by atoms with E-state index in [1.165, 1.54) is 0 Å². The molecule has 6 nitrogen and oxygen atoms in total. The molecule has 0 spiro atoms. The highest BCUT2D eigenvalue weighted by Crippen LogP contribution is 2.13. The zero-order valence-corrected chi connectivity index (χ0v) is 10.4. The Morgan fingerprint density at radius 2 is 2.11 bits per heavy atom. The number of aromatic nitrogens is 2. The van der Waals surface area contributed by atoms with Gasteiger partial charge >= 0.3 is 0 Å². The zero-order chi connectivity index (χ0) is 13.1. The summed E-state index contributed by atoms with van der Waals surface area (Å²) in [6.07, 6.45) is 4.14. The van der Waals surface area contributed by atoms with Gasteiger partial charge in [-0.2, -0.15) is 0 Å². The maximum absolute atomic E-state index is 11.5. The molecule has 1 aliphatic rings. The SMILES string of the molecule is CC(C)c1cnc(NC2CCC(=O)NC2=O)cn1. The Labute approximate surface area is 105 Å². The number of piperidine rings is 1. The maximum atomic E-state index is 11.5. The smallest absolute Gasteiger partial charge is 0.249 e. The molecule has 1 aromatic rings. The van der Waals surface area contributed by atoms with Gasteiger partial charge in [0.05, 0.1) is 18.1 Å². The highest BCUT2D eigenvalue weighted by molar-refractivity contribution is 6.01. The summed E-state index contributed by atoms with van der Waals surface area (Å²) in [5, 5.41) is 5.27. The summed E-state index contributed by atoms with van der Waals surface area (Å²) in [6.45, 7) is 4.08.